The van der Waals surface area contributed by atoms with Gasteiger partial charge in [-0.2, -0.15) is 0 Å². The van der Waals surface area contributed by atoms with E-state index in [0.717, 1.165) is 5.56 Å². The predicted molar refractivity (Wildman–Crippen MR) is 70.9 cm³/mol. The topological polar surface area (TPSA) is 44.8 Å². The Hall–Kier alpha value is -2.41. The van der Waals surface area contributed by atoms with Crippen molar-refractivity contribution < 1.29 is 19.0 Å². The van der Waals surface area contributed by atoms with Crippen molar-refractivity contribution in [1.29, 1.82) is 0 Å². The molecule has 0 amide bonds. The number of carbonyl (C=O) groups excluding carboxylic acids is 1. The third kappa shape index (κ3) is 2.89. The minimum Gasteiger partial charge on any atom is -0.497 e. The second-order valence-corrected chi connectivity index (χ2v) is 4.08. The lowest BCUT2D eigenvalue weighted by Crippen LogP contribution is -2.20. The number of terminal acetylenes is 1. The summed E-state index contributed by atoms with van der Waals surface area (Å²) in [5, 5.41) is 0. The highest BCUT2D eigenvalue weighted by molar-refractivity contribution is 5.95. The lowest BCUT2D eigenvalue weighted by molar-refractivity contribution is -0.141. The van der Waals surface area contributed by atoms with Gasteiger partial charge in [0, 0.05) is 5.56 Å². The molecule has 0 saturated carbocycles. The summed E-state index contributed by atoms with van der Waals surface area (Å²) in [5.74, 6) is 3.29. The number of carbonyl (C=O) groups is 1. The number of fused-ring (bicyclic) bond motifs is 1. The minimum absolute atomic E-state index is 0.176. The van der Waals surface area contributed by atoms with Crippen LogP contribution < -0.4 is 9.47 Å². The average molecular weight is 258 g/mol. The van der Waals surface area contributed by atoms with Gasteiger partial charge in [-0.25, -0.2) is 4.79 Å². The van der Waals surface area contributed by atoms with Crippen LogP contribution in [-0.2, 0) is 9.53 Å². The van der Waals surface area contributed by atoms with E-state index in [9.17, 15) is 4.79 Å². The third-order valence-electron chi connectivity index (χ3n) is 2.71. The van der Waals surface area contributed by atoms with Gasteiger partial charge in [0.25, 0.3) is 0 Å². The first-order valence-electron chi connectivity index (χ1n) is 5.82. The SMILES string of the molecule is C#C[C@H](C)OC(=O)C1=Cc2cc(OC)ccc2OC1. The smallest absolute Gasteiger partial charge is 0.338 e. The molecule has 1 atom stereocenters. The first-order chi connectivity index (χ1) is 9.13. The maximum absolute atomic E-state index is 11.8. The molecule has 1 aliphatic rings. The fourth-order valence-corrected chi connectivity index (χ4v) is 1.67. The number of benzene rings is 1. The summed E-state index contributed by atoms with van der Waals surface area (Å²) >= 11 is 0. The second-order valence-electron chi connectivity index (χ2n) is 4.08. The van der Waals surface area contributed by atoms with Gasteiger partial charge in [-0.1, -0.05) is 5.92 Å². The predicted octanol–water partition coefficient (Wildman–Crippen LogP) is 2.04. The lowest BCUT2D eigenvalue weighted by Gasteiger charge is -2.18. The van der Waals surface area contributed by atoms with Gasteiger partial charge >= 0.3 is 5.97 Å². The fourth-order valence-electron chi connectivity index (χ4n) is 1.67. The summed E-state index contributed by atoms with van der Waals surface area (Å²) < 4.78 is 15.7. The normalized spacial score (nSPS) is 14.3. The van der Waals surface area contributed by atoms with Crippen LogP contribution in [0.2, 0.25) is 0 Å². The molecule has 1 heterocycles. The Balaban J connectivity index is 2.23. The van der Waals surface area contributed by atoms with Crippen LogP contribution in [0.5, 0.6) is 11.5 Å². The van der Waals surface area contributed by atoms with Crippen LogP contribution in [0.3, 0.4) is 0 Å². The van der Waals surface area contributed by atoms with Crippen molar-refractivity contribution in [3.8, 4) is 23.8 Å². The summed E-state index contributed by atoms with van der Waals surface area (Å²) in [6.07, 6.45) is 6.34. The van der Waals surface area contributed by atoms with Crippen LogP contribution in [0.25, 0.3) is 6.08 Å². The average Bonchev–Trinajstić information content (AvgIpc) is 2.45. The number of rotatable bonds is 3. The molecule has 4 heteroatoms. The highest BCUT2D eigenvalue weighted by Gasteiger charge is 2.20. The van der Waals surface area contributed by atoms with Gasteiger partial charge in [-0.05, 0) is 31.2 Å². The van der Waals surface area contributed by atoms with Crippen molar-refractivity contribution in [2.45, 2.75) is 13.0 Å². The van der Waals surface area contributed by atoms with Crippen LogP contribution in [0.1, 0.15) is 12.5 Å². The maximum atomic E-state index is 11.8. The summed E-state index contributed by atoms with van der Waals surface area (Å²) in [7, 11) is 1.58. The molecule has 0 fully saturated rings. The van der Waals surface area contributed by atoms with Gasteiger partial charge in [0.15, 0.2) is 6.10 Å². The lowest BCUT2D eigenvalue weighted by atomic mass is 10.1. The molecule has 1 aromatic carbocycles. The molecule has 1 aliphatic heterocycles. The van der Waals surface area contributed by atoms with Gasteiger partial charge in [-0.15, -0.1) is 6.42 Å². The van der Waals surface area contributed by atoms with Gasteiger partial charge in [0.1, 0.15) is 18.1 Å². The van der Waals surface area contributed by atoms with Crippen molar-refractivity contribution in [2.24, 2.45) is 0 Å². The third-order valence-corrected chi connectivity index (χ3v) is 2.71. The van der Waals surface area contributed by atoms with E-state index in [0.29, 0.717) is 17.1 Å². The molecule has 0 radical (unpaired) electrons. The van der Waals surface area contributed by atoms with E-state index < -0.39 is 12.1 Å². The van der Waals surface area contributed by atoms with E-state index >= 15 is 0 Å². The van der Waals surface area contributed by atoms with Crippen molar-refractivity contribution in [3.63, 3.8) is 0 Å². The molecule has 19 heavy (non-hydrogen) atoms. The molecule has 0 bridgehead atoms. The van der Waals surface area contributed by atoms with Crippen LogP contribution in [0, 0.1) is 12.3 Å². The molecule has 0 N–H and O–H groups in total. The fraction of sp³-hybridized carbons (Fsp3) is 0.267. The van der Waals surface area contributed by atoms with Crippen molar-refractivity contribution in [2.75, 3.05) is 13.7 Å². The first-order valence-corrected chi connectivity index (χ1v) is 5.82. The maximum Gasteiger partial charge on any atom is 0.338 e. The monoisotopic (exact) mass is 258 g/mol. The summed E-state index contributed by atoms with van der Waals surface area (Å²) in [6, 6.07) is 5.40. The quantitative estimate of drug-likeness (QED) is 0.614. The van der Waals surface area contributed by atoms with Crippen LogP contribution in [-0.4, -0.2) is 25.8 Å². The summed E-state index contributed by atoms with van der Waals surface area (Å²) in [5.41, 5.74) is 1.22. The standard InChI is InChI=1S/C15H14O4/c1-4-10(2)19-15(16)12-7-11-8-13(17-3)5-6-14(11)18-9-12/h1,5-8,10H,9H2,2-3H3/t10-/m0/s1. The van der Waals surface area contributed by atoms with Crippen LogP contribution >= 0.6 is 0 Å². The van der Waals surface area contributed by atoms with Gasteiger partial charge in [0.05, 0.1) is 12.7 Å². The zero-order chi connectivity index (χ0) is 13.8. The number of ether oxygens (including phenoxy) is 3. The van der Waals surface area contributed by atoms with E-state index in [2.05, 4.69) is 5.92 Å². The zero-order valence-corrected chi connectivity index (χ0v) is 10.8. The number of hydrogen-bond donors (Lipinski definition) is 0. The molecular formula is C15H14O4. The first kappa shape index (κ1) is 13.0. The summed E-state index contributed by atoms with van der Waals surface area (Å²) in [4.78, 5) is 11.8. The Kier molecular flexibility index (Phi) is 3.76. The Morgan fingerprint density at radius 2 is 2.32 bits per heavy atom. The number of methoxy groups -OCH3 is 1. The molecule has 0 saturated heterocycles. The molecule has 1 aromatic rings. The number of esters is 1. The molecule has 4 nitrogen and oxygen atoms in total. The molecular weight excluding hydrogens is 244 g/mol. The van der Waals surface area contributed by atoms with E-state index in [1.54, 1.807) is 38.3 Å². The van der Waals surface area contributed by atoms with E-state index in [1.165, 1.54) is 0 Å². The van der Waals surface area contributed by atoms with Gasteiger partial charge < -0.3 is 14.2 Å². The Morgan fingerprint density at radius 1 is 1.53 bits per heavy atom. The molecule has 0 spiro atoms. The van der Waals surface area contributed by atoms with E-state index in [-0.39, 0.29) is 6.61 Å². The van der Waals surface area contributed by atoms with E-state index in [1.807, 2.05) is 0 Å². The number of hydrogen-bond acceptors (Lipinski definition) is 4. The van der Waals surface area contributed by atoms with Gasteiger partial charge in [-0.3, -0.25) is 0 Å². The Morgan fingerprint density at radius 3 is 3.00 bits per heavy atom. The van der Waals surface area contributed by atoms with Crippen molar-refractivity contribution in [3.05, 3.63) is 29.3 Å². The van der Waals surface area contributed by atoms with Crippen molar-refractivity contribution in [1.82, 2.24) is 0 Å². The van der Waals surface area contributed by atoms with Crippen LogP contribution in [0.4, 0.5) is 0 Å². The highest BCUT2D eigenvalue weighted by atomic mass is 16.5. The van der Waals surface area contributed by atoms with Gasteiger partial charge in [0.2, 0.25) is 0 Å². The Bertz CT molecular complexity index is 566. The van der Waals surface area contributed by atoms with E-state index in [4.69, 9.17) is 20.6 Å². The van der Waals surface area contributed by atoms with Crippen molar-refractivity contribution >= 4 is 12.0 Å². The molecule has 2 rings (SSSR count). The van der Waals surface area contributed by atoms with Crippen LogP contribution in [0.15, 0.2) is 23.8 Å². The molecule has 98 valence electrons. The highest BCUT2D eigenvalue weighted by Crippen LogP contribution is 2.30. The zero-order valence-electron chi connectivity index (χ0n) is 10.8. The molecule has 0 aliphatic carbocycles. The minimum atomic E-state index is -0.555. The largest absolute Gasteiger partial charge is 0.497 e. The second kappa shape index (κ2) is 5.49. The summed E-state index contributed by atoms with van der Waals surface area (Å²) in [6.45, 7) is 1.81. The molecule has 0 aromatic heterocycles. The Labute approximate surface area is 112 Å². The molecule has 0 unspecified atom stereocenters.